The quantitative estimate of drug-likeness (QED) is 0.392. The minimum atomic E-state index is -2.95. The molecular formula is C13H30N2O4Si. The van der Waals surface area contributed by atoms with E-state index in [1.807, 2.05) is 0 Å². The van der Waals surface area contributed by atoms with Gasteiger partial charge < -0.3 is 24.3 Å². The van der Waals surface area contributed by atoms with E-state index < -0.39 is 14.7 Å². The molecule has 1 atom stereocenters. The molecule has 0 aliphatic carbocycles. The van der Waals surface area contributed by atoms with Crippen molar-refractivity contribution in [1.82, 2.24) is 9.80 Å². The molecule has 1 saturated heterocycles. The number of aliphatic hydroxyl groups is 1. The number of aliphatic hydroxyl groups excluding tert-OH is 1. The second-order valence-electron chi connectivity index (χ2n) is 5.77. The third-order valence-electron chi connectivity index (χ3n) is 3.81. The number of likely N-dealkylation sites (N-methyl/N-ethyl adjacent to an activating group) is 1. The summed E-state index contributed by atoms with van der Waals surface area (Å²) in [7, 11) is -0.842. The highest BCUT2D eigenvalue weighted by atomic mass is 28.4. The maximum absolute atomic E-state index is 9.90. The van der Waals surface area contributed by atoms with Crippen LogP contribution in [0.3, 0.4) is 0 Å². The largest absolute Gasteiger partial charge is 0.411 e. The van der Waals surface area contributed by atoms with E-state index in [1.165, 1.54) is 0 Å². The van der Waals surface area contributed by atoms with Crippen molar-refractivity contribution in [2.45, 2.75) is 31.5 Å². The molecule has 0 bridgehead atoms. The first-order valence-electron chi connectivity index (χ1n) is 7.54. The van der Waals surface area contributed by atoms with Crippen LogP contribution in [0.5, 0.6) is 0 Å². The predicted octanol–water partition coefficient (Wildman–Crippen LogP) is -0.552. The summed E-state index contributed by atoms with van der Waals surface area (Å²) < 4.78 is 5.41. The van der Waals surface area contributed by atoms with Gasteiger partial charge in [0.25, 0.3) is 0 Å². The molecule has 3 N–H and O–H groups in total. The van der Waals surface area contributed by atoms with Gasteiger partial charge in [-0.2, -0.15) is 0 Å². The summed E-state index contributed by atoms with van der Waals surface area (Å²) in [5.41, 5.74) is 0. The number of piperazine rings is 1. The molecule has 1 rings (SSSR count). The zero-order valence-electron chi connectivity index (χ0n) is 12.8. The predicted molar refractivity (Wildman–Crippen MR) is 80.9 cm³/mol. The van der Waals surface area contributed by atoms with Crippen LogP contribution in [-0.2, 0) is 4.74 Å². The molecule has 0 saturated carbocycles. The fourth-order valence-electron chi connectivity index (χ4n) is 2.23. The second kappa shape index (κ2) is 9.09. The Morgan fingerprint density at radius 3 is 2.45 bits per heavy atom. The van der Waals surface area contributed by atoms with E-state index in [0.29, 0.717) is 38.3 Å². The van der Waals surface area contributed by atoms with Gasteiger partial charge in [0.05, 0.1) is 12.7 Å². The van der Waals surface area contributed by atoms with E-state index in [2.05, 4.69) is 16.8 Å². The van der Waals surface area contributed by atoms with Crippen molar-refractivity contribution >= 4 is 8.56 Å². The molecule has 0 spiro atoms. The summed E-state index contributed by atoms with van der Waals surface area (Å²) in [6.45, 7) is 7.34. The lowest BCUT2D eigenvalue weighted by Gasteiger charge is -2.33. The Kier molecular flexibility index (Phi) is 8.19. The van der Waals surface area contributed by atoms with Crippen LogP contribution in [0.2, 0.25) is 12.1 Å². The molecule has 7 heteroatoms. The SMILES string of the molecule is CC[Si](O)(O)CCCOCC(O)CN1CCN(C)CC1. The minimum absolute atomic E-state index is 0.323. The first-order chi connectivity index (χ1) is 9.43. The number of nitrogens with zero attached hydrogens (tertiary/aromatic N) is 2. The smallest absolute Gasteiger partial charge is 0.332 e. The average Bonchev–Trinajstić information content (AvgIpc) is 2.41. The Balaban J connectivity index is 2.01. The van der Waals surface area contributed by atoms with Gasteiger partial charge in [0, 0.05) is 39.3 Å². The van der Waals surface area contributed by atoms with Crippen LogP contribution in [0.15, 0.2) is 0 Å². The molecule has 0 amide bonds. The molecule has 0 aromatic rings. The van der Waals surface area contributed by atoms with E-state index in [9.17, 15) is 14.7 Å². The van der Waals surface area contributed by atoms with E-state index in [-0.39, 0.29) is 0 Å². The monoisotopic (exact) mass is 306 g/mol. The van der Waals surface area contributed by atoms with Gasteiger partial charge in [-0.25, -0.2) is 0 Å². The Labute approximate surface area is 123 Å². The average molecular weight is 306 g/mol. The molecule has 1 unspecified atom stereocenters. The van der Waals surface area contributed by atoms with Gasteiger partial charge in [0.2, 0.25) is 0 Å². The molecule has 1 fully saturated rings. The number of hydrogen-bond donors (Lipinski definition) is 3. The molecule has 120 valence electrons. The van der Waals surface area contributed by atoms with Crippen LogP contribution in [-0.4, -0.2) is 92.1 Å². The second-order valence-corrected chi connectivity index (χ2v) is 8.94. The Morgan fingerprint density at radius 1 is 1.20 bits per heavy atom. The Morgan fingerprint density at radius 2 is 1.85 bits per heavy atom. The zero-order valence-corrected chi connectivity index (χ0v) is 13.8. The van der Waals surface area contributed by atoms with Crippen LogP contribution in [0, 0.1) is 0 Å². The van der Waals surface area contributed by atoms with E-state index in [1.54, 1.807) is 6.92 Å². The lowest BCUT2D eigenvalue weighted by Crippen LogP contribution is -2.47. The number of rotatable bonds is 9. The molecule has 1 heterocycles. The third-order valence-corrected chi connectivity index (χ3v) is 6.09. The highest BCUT2D eigenvalue weighted by molar-refractivity contribution is 6.64. The van der Waals surface area contributed by atoms with Gasteiger partial charge in [-0.15, -0.1) is 0 Å². The van der Waals surface area contributed by atoms with Gasteiger partial charge >= 0.3 is 8.56 Å². The third kappa shape index (κ3) is 7.68. The van der Waals surface area contributed by atoms with E-state index in [0.717, 1.165) is 26.2 Å². The molecule has 0 radical (unpaired) electrons. The van der Waals surface area contributed by atoms with Crippen molar-refractivity contribution in [3.63, 3.8) is 0 Å². The Bertz CT molecular complexity index is 261. The van der Waals surface area contributed by atoms with Crippen molar-refractivity contribution in [2.24, 2.45) is 0 Å². The van der Waals surface area contributed by atoms with Crippen LogP contribution in [0.4, 0.5) is 0 Å². The highest BCUT2D eigenvalue weighted by Crippen LogP contribution is 2.10. The highest BCUT2D eigenvalue weighted by Gasteiger charge is 2.25. The van der Waals surface area contributed by atoms with Crippen molar-refractivity contribution in [3.8, 4) is 0 Å². The first kappa shape index (κ1) is 18.0. The van der Waals surface area contributed by atoms with Crippen molar-refractivity contribution in [1.29, 1.82) is 0 Å². The summed E-state index contributed by atoms with van der Waals surface area (Å²) in [6.07, 6.45) is 0.184. The standard InChI is InChI=1S/C13H30N2O4Si/c1-3-20(17,18)10-4-9-19-12-13(16)11-15-7-5-14(2)6-8-15/h13,16-18H,3-12H2,1-2H3. The van der Waals surface area contributed by atoms with Gasteiger partial charge in [0.1, 0.15) is 0 Å². The minimum Gasteiger partial charge on any atom is -0.411 e. The molecule has 6 nitrogen and oxygen atoms in total. The maximum atomic E-state index is 9.90. The summed E-state index contributed by atoms with van der Waals surface area (Å²) >= 11 is 0. The van der Waals surface area contributed by atoms with Crippen LogP contribution >= 0.6 is 0 Å². The fourth-order valence-corrected chi connectivity index (χ4v) is 3.30. The summed E-state index contributed by atoms with van der Waals surface area (Å²) in [5, 5.41) is 9.90. The number of ether oxygens (including phenoxy) is 1. The summed E-state index contributed by atoms with van der Waals surface area (Å²) in [6, 6.07) is 0.900. The van der Waals surface area contributed by atoms with E-state index in [4.69, 9.17) is 4.74 Å². The van der Waals surface area contributed by atoms with Gasteiger partial charge in [0.15, 0.2) is 0 Å². The topological polar surface area (TPSA) is 76.4 Å². The molecular weight excluding hydrogens is 276 g/mol. The Hall–Kier alpha value is -0.0231. The molecule has 0 aromatic heterocycles. The number of hydrogen-bond acceptors (Lipinski definition) is 6. The number of β-amino-alcohol motifs (C(OH)–C–C–N with tert-alkyl or cyclic N) is 1. The van der Waals surface area contributed by atoms with Crippen molar-refractivity contribution in [2.75, 3.05) is 53.0 Å². The fraction of sp³-hybridized carbons (Fsp3) is 1.00. The normalized spacial score (nSPS) is 20.2. The molecule has 1 aliphatic rings. The van der Waals surface area contributed by atoms with Gasteiger partial charge in [-0.05, 0) is 25.6 Å². The van der Waals surface area contributed by atoms with Crippen molar-refractivity contribution < 1.29 is 19.4 Å². The molecule has 1 aliphatic heterocycles. The lowest BCUT2D eigenvalue weighted by atomic mass is 10.3. The molecule has 0 aromatic carbocycles. The lowest BCUT2D eigenvalue weighted by molar-refractivity contribution is 0.00882. The summed E-state index contributed by atoms with van der Waals surface area (Å²) in [5.74, 6) is 0. The van der Waals surface area contributed by atoms with Crippen LogP contribution < -0.4 is 0 Å². The van der Waals surface area contributed by atoms with Gasteiger partial charge in [-0.1, -0.05) is 6.92 Å². The summed E-state index contributed by atoms with van der Waals surface area (Å²) in [4.78, 5) is 23.6. The van der Waals surface area contributed by atoms with Crippen molar-refractivity contribution in [3.05, 3.63) is 0 Å². The molecule has 20 heavy (non-hydrogen) atoms. The van der Waals surface area contributed by atoms with E-state index >= 15 is 0 Å². The maximum Gasteiger partial charge on any atom is 0.332 e. The van der Waals surface area contributed by atoms with Gasteiger partial charge in [-0.3, -0.25) is 4.90 Å². The van der Waals surface area contributed by atoms with Crippen LogP contribution in [0.1, 0.15) is 13.3 Å². The van der Waals surface area contributed by atoms with Crippen LogP contribution in [0.25, 0.3) is 0 Å². The first-order valence-corrected chi connectivity index (χ1v) is 9.85. The zero-order chi connectivity index (χ0) is 15.0.